The summed E-state index contributed by atoms with van der Waals surface area (Å²) in [4.78, 5) is 48.4. The summed E-state index contributed by atoms with van der Waals surface area (Å²) in [7, 11) is 0. The molecule has 0 spiro atoms. The molecule has 0 radical (unpaired) electrons. The largest absolute Gasteiger partial charge is 0.444 e. The summed E-state index contributed by atoms with van der Waals surface area (Å²) >= 11 is 1.01. The lowest BCUT2D eigenvalue weighted by atomic mass is 10.2. The molecule has 4 amide bonds. The molecular formula is C21H25N7O5S. The first-order chi connectivity index (χ1) is 16.1. The predicted octanol–water partition coefficient (Wildman–Crippen LogP) is 3.02. The van der Waals surface area contributed by atoms with E-state index >= 15 is 0 Å². The molecule has 180 valence electrons. The van der Waals surface area contributed by atoms with Crippen molar-refractivity contribution >= 4 is 46.0 Å². The minimum Gasteiger partial charge on any atom is -0.444 e. The fourth-order valence-electron chi connectivity index (χ4n) is 3.37. The van der Waals surface area contributed by atoms with E-state index in [1.165, 1.54) is 11.3 Å². The first kappa shape index (κ1) is 23.4. The minimum absolute atomic E-state index is 0.209. The van der Waals surface area contributed by atoms with Crippen molar-refractivity contribution in [1.29, 1.82) is 0 Å². The van der Waals surface area contributed by atoms with Crippen molar-refractivity contribution in [1.82, 2.24) is 24.7 Å². The van der Waals surface area contributed by atoms with Gasteiger partial charge in [-0.15, -0.1) is 6.58 Å². The number of amides is 4. The van der Waals surface area contributed by atoms with Gasteiger partial charge in [0.1, 0.15) is 10.5 Å². The number of ether oxygens (including phenoxy) is 1. The molecule has 2 aliphatic rings. The van der Waals surface area contributed by atoms with Gasteiger partial charge in [0.2, 0.25) is 0 Å². The number of nitrogens with one attached hydrogen (secondary N) is 2. The Morgan fingerprint density at radius 2 is 2.15 bits per heavy atom. The standard InChI is InChI=1S/C21H25N7O5S/c1-5-8-32-28-14-9-13(11-26(12-14)20(28)31)27-7-6-16(25-27)23-17(29)15-10-22-18(34-15)24-19(30)33-21(2,3)4/h5-7,9-10,14H,1,8,11-12H2,2-4H3,(H,22,24,30)(H,23,25,29). The fourth-order valence-corrected chi connectivity index (χ4v) is 4.07. The molecule has 2 N–H and O–H groups in total. The third-order valence-electron chi connectivity index (χ3n) is 4.70. The van der Waals surface area contributed by atoms with Crippen LogP contribution in [0.25, 0.3) is 5.70 Å². The Morgan fingerprint density at radius 3 is 2.88 bits per heavy atom. The molecule has 34 heavy (non-hydrogen) atoms. The van der Waals surface area contributed by atoms with Crippen LogP contribution in [0.5, 0.6) is 0 Å². The van der Waals surface area contributed by atoms with Crippen molar-refractivity contribution in [2.24, 2.45) is 0 Å². The van der Waals surface area contributed by atoms with E-state index in [4.69, 9.17) is 9.57 Å². The van der Waals surface area contributed by atoms with E-state index < -0.39 is 17.6 Å². The highest BCUT2D eigenvalue weighted by Gasteiger charge is 2.41. The number of thiazole rings is 1. The maximum atomic E-state index is 12.6. The molecule has 0 aromatic carbocycles. The average Bonchev–Trinajstić information content (AvgIpc) is 3.46. The van der Waals surface area contributed by atoms with E-state index in [0.717, 1.165) is 17.0 Å². The lowest BCUT2D eigenvalue weighted by Crippen LogP contribution is -2.33. The maximum Gasteiger partial charge on any atom is 0.413 e. The summed E-state index contributed by atoms with van der Waals surface area (Å²) in [6.07, 6.45) is 5.92. The molecule has 1 unspecified atom stereocenters. The summed E-state index contributed by atoms with van der Waals surface area (Å²) in [6, 6.07) is 1.21. The van der Waals surface area contributed by atoms with Crippen LogP contribution in [0.2, 0.25) is 0 Å². The predicted molar refractivity (Wildman–Crippen MR) is 125 cm³/mol. The van der Waals surface area contributed by atoms with Gasteiger partial charge in [-0.05, 0) is 26.8 Å². The van der Waals surface area contributed by atoms with Crippen LogP contribution in [0.15, 0.2) is 37.2 Å². The second-order valence-corrected chi connectivity index (χ2v) is 9.59. The number of aromatic nitrogens is 3. The number of nitrogens with zero attached hydrogens (tertiary/aromatic N) is 5. The lowest BCUT2D eigenvalue weighted by Gasteiger charge is -2.21. The Labute approximate surface area is 199 Å². The van der Waals surface area contributed by atoms with Crippen LogP contribution in [0.1, 0.15) is 30.4 Å². The van der Waals surface area contributed by atoms with Crippen LogP contribution in [0.4, 0.5) is 20.5 Å². The van der Waals surface area contributed by atoms with Gasteiger partial charge in [-0.3, -0.25) is 14.9 Å². The Bertz CT molecular complexity index is 1150. The van der Waals surface area contributed by atoms with Crippen molar-refractivity contribution in [3.8, 4) is 0 Å². The number of fused-ring (bicyclic) bond motifs is 2. The van der Waals surface area contributed by atoms with E-state index in [9.17, 15) is 14.4 Å². The number of anilines is 2. The third kappa shape index (κ3) is 5.26. The quantitative estimate of drug-likeness (QED) is 0.574. The summed E-state index contributed by atoms with van der Waals surface area (Å²) < 4.78 is 6.79. The summed E-state index contributed by atoms with van der Waals surface area (Å²) in [6.45, 7) is 10.0. The monoisotopic (exact) mass is 487 g/mol. The fraction of sp³-hybridized carbons (Fsp3) is 0.381. The van der Waals surface area contributed by atoms with Gasteiger partial charge in [0, 0.05) is 18.8 Å². The third-order valence-corrected chi connectivity index (χ3v) is 5.61. The van der Waals surface area contributed by atoms with Gasteiger partial charge in [-0.25, -0.2) is 19.3 Å². The van der Waals surface area contributed by atoms with Crippen LogP contribution < -0.4 is 10.6 Å². The molecule has 0 saturated carbocycles. The zero-order valence-corrected chi connectivity index (χ0v) is 19.8. The molecule has 4 rings (SSSR count). The molecule has 2 bridgehead atoms. The number of hydrogen-bond donors (Lipinski definition) is 2. The summed E-state index contributed by atoms with van der Waals surface area (Å²) in [5, 5.41) is 11.2. The highest BCUT2D eigenvalue weighted by molar-refractivity contribution is 7.17. The van der Waals surface area contributed by atoms with Crippen molar-refractivity contribution in [2.45, 2.75) is 32.4 Å². The molecule has 13 heteroatoms. The Kier molecular flexibility index (Phi) is 6.39. The normalized spacial score (nSPS) is 17.4. The highest BCUT2D eigenvalue weighted by Crippen LogP contribution is 2.27. The Balaban J connectivity index is 1.38. The van der Waals surface area contributed by atoms with Gasteiger partial charge in [0.05, 0.1) is 31.1 Å². The van der Waals surface area contributed by atoms with Crippen LogP contribution in [-0.2, 0) is 9.57 Å². The molecule has 1 saturated heterocycles. The molecule has 2 aliphatic heterocycles. The smallest absolute Gasteiger partial charge is 0.413 e. The van der Waals surface area contributed by atoms with Crippen molar-refractivity contribution in [3.05, 3.63) is 42.1 Å². The Hall–Kier alpha value is -3.71. The number of hydroxylamine groups is 2. The van der Waals surface area contributed by atoms with E-state index in [-0.39, 0.29) is 23.8 Å². The number of hydrogen-bond acceptors (Lipinski definition) is 8. The Morgan fingerprint density at radius 1 is 1.35 bits per heavy atom. The van der Waals surface area contributed by atoms with Gasteiger partial charge in [0.25, 0.3) is 5.91 Å². The molecule has 1 fully saturated rings. The maximum absolute atomic E-state index is 12.6. The first-order valence-electron chi connectivity index (χ1n) is 10.5. The van der Waals surface area contributed by atoms with Crippen molar-refractivity contribution in [2.75, 3.05) is 30.3 Å². The zero-order valence-electron chi connectivity index (χ0n) is 19.0. The molecule has 4 heterocycles. The molecular weight excluding hydrogens is 462 g/mol. The second kappa shape index (κ2) is 9.27. The zero-order chi connectivity index (χ0) is 24.5. The number of urea groups is 1. The second-order valence-electron chi connectivity index (χ2n) is 8.55. The minimum atomic E-state index is -0.648. The SMILES string of the molecule is C=CCON1C(=O)N2CC(n3ccc(NC(=O)c4cnc(NC(=O)OC(C)(C)C)s4)n3)=CC1C2. The molecule has 0 aliphatic carbocycles. The van der Waals surface area contributed by atoms with Crippen LogP contribution in [-0.4, -0.2) is 74.1 Å². The van der Waals surface area contributed by atoms with Crippen LogP contribution in [0.3, 0.4) is 0 Å². The highest BCUT2D eigenvalue weighted by atomic mass is 32.1. The summed E-state index contributed by atoms with van der Waals surface area (Å²) in [5.41, 5.74) is 0.144. The van der Waals surface area contributed by atoms with Gasteiger partial charge >= 0.3 is 12.1 Å². The van der Waals surface area contributed by atoms with E-state index in [1.807, 2.05) is 6.08 Å². The summed E-state index contributed by atoms with van der Waals surface area (Å²) in [5.74, 6) is -0.0828. The van der Waals surface area contributed by atoms with Crippen molar-refractivity contribution in [3.63, 3.8) is 0 Å². The lowest BCUT2D eigenvalue weighted by molar-refractivity contribution is -0.107. The van der Waals surface area contributed by atoms with E-state index in [1.54, 1.807) is 48.7 Å². The van der Waals surface area contributed by atoms with Gasteiger partial charge < -0.3 is 15.0 Å². The van der Waals surface area contributed by atoms with E-state index in [2.05, 4.69) is 27.3 Å². The molecule has 2 aromatic rings. The van der Waals surface area contributed by atoms with Gasteiger partial charge in [-0.1, -0.05) is 17.4 Å². The number of carbonyl (C=O) groups is 3. The first-order valence-corrected chi connectivity index (χ1v) is 11.3. The number of rotatable bonds is 7. The van der Waals surface area contributed by atoms with Crippen LogP contribution >= 0.6 is 11.3 Å². The number of carbonyl (C=O) groups excluding carboxylic acids is 3. The van der Waals surface area contributed by atoms with Crippen molar-refractivity contribution < 1.29 is 24.0 Å². The van der Waals surface area contributed by atoms with Gasteiger partial charge in [0.15, 0.2) is 10.9 Å². The van der Waals surface area contributed by atoms with E-state index in [0.29, 0.717) is 23.8 Å². The molecule has 12 nitrogen and oxygen atoms in total. The molecule has 1 atom stereocenters. The van der Waals surface area contributed by atoms with Crippen LogP contribution in [0, 0.1) is 0 Å². The van der Waals surface area contributed by atoms with Gasteiger partial charge in [-0.2, -0.15) is 10.2 Å². The average molecular weight is 488 g/mol. The topological polar surface area (TPSA) is 131 Å². The molecule has 2 aromatic heterocycles.